The van der Waals surface area contributed by atoms with Crippen molar-refractivity contribution < 1.29 is 38.1 Å². The first-order valence-corrected chi connectivity index (χ1v) is 15.3. The number of hydrogen-bond acceptors (Lipinski definition) is 10. The highest BCUT2D eigenvalue weighted by Gasteiger charge is 2.38. The zero-order valence-electron chi connectivity index (χ0n) is 23.1. The number of nitrogens with zero attached hydrogens (tertiary/aromatic N) is 1. The van der Waals surface area contributed by atoms with Crippen molar-refractivity contribution in [3.63, 3.8) is 0 Å². The van der Waals surface area contributed by atoms with E-state index in [1.54, 1.807) is 26.0 Å². The molecule has 1 rings (SSSR count). The summed E-state index contributed by atoms with van der Waals surface area (Å²) in [5.74, 6) is 2.60. The zero-order valence-corrected chi connectivity index (χ0v) is 24.8. The average Bonchev–Trinajstić information content (AvgIpc) is 3.15. The Morgan fingerprint density at radius 3 is 2.03 bits per heavy atom. The second kappa shape index (κ2) is 25.3. The highest BCUT2D eigenvalue weighted by molar-refractivity contribution is 8.00. The number of likely N-dealkylation sites (tertiary alicyclic amines) is 1. The van der Waals surface area contributed by atoms with E-state index in [0.717, 1.165) is 31.0 Å². The molecule has 0 aromatic rings. The van der Waals surface area contributed by atoms with Gasteiger partial charge in [-0.1, -0.05) is 13.8 Å². The molecule has 1 saturated heterocycles. The Bertz CT molecular complexity index is 636. The van der Waals surface area contributed by atoms with E-state index in [0.29, 0.717) is 63.8 Å². The number of methoxy groups -OCH3 is 2. The van der Waals surface area contributed by atoms with Crippen molar-refractivity contribution in [2.45, 2.75) is 64.0 Å². The summed E-state index contributed by atoms with van der Waals surface area (Å²) in [7, 11) is 3.27. The lowest BCUT2D eigenvalue weighted by molar-refractivity contribution is -0.138. The van der Waals surface area contributed by atoms with Crippen molar-refractivity contribution >= 4 is 46.9 Å². The summed E-state index contributed by atoms with van der Waals surface area (Å²) in [5.41, 5.74) is 0. The number of Topliss-reactive ketones (excluding diaryl/α,β-unsaturated/α-hetero) is 2. The van der Waals surface area contributed by atoms with Crippen LogP contribution in [0.15, 0.2) is 0 Å². The van der Waals surface area contributed by atoms with Gasteiger partial charge in [0.1, 0.15) is 11.6 Å². The Balaban J connectivity index is 0.000000757. The highest BCUT2D eigenvalue weighted by Crippen LogP contribution is 2.25. The molecule has 9 nitrogen and oxygen atoms in total. The van der Waals surface area contributed by atoms with E-state index in [1.807, 2.05) is 6.92 Å². The van der Waals surface area contributed by atoms with E-state index in [4.69, 9.17) is 18.9 Å². The minimum atomic E-state index is -0.262. The summed E-state index contributed by atoms with van der Waals surface area (Å²) in [6, 6.07) is 0. The zero-order chi connectivity index (χ0) is 27.7. The fraction of sp³-hybridized carbons (Fsp3) is 0.846. The molecule has 0 aromatic carbocycles. The smallest absolute Gasteiger partial charge is 0.242 e. The third-order valence-corrected chi connectivity index (χ3v) is 7.29. The molecule has 0 N–H and O–H groups in total. The SMILES string of the molecule is CCSC1CC(=O)N(CCC(=O)CCCOCCOC)C1=O.CCSCC(=O)CCCCOCCOC. The molecule has 11 heteroatoms. The molecule has 0 aliphatic carbocycles. The van der Waals surface area contributed by atoms with Gasteiger partial charge in [0.15, 0.2) is 0 Å². The number of hydrogen-bond donors (Lipinski definition) is 0. The van der Waals surface area contributed by atoms with Crippen LogP contribution in [-0.2, 0) is 38.1 Å². The average molecular weight is 566 g/mol. The molecule has 0 spiro atoms. The maximum absolute atomic E-state index is 12.0. The monoisotopic (exact) mass is 565 g/mol. The van der Waals surface area contributed by atoms with Gasteiger partial charge in [-0.05, 0) is 30.8 Å². The van der Waals surface area contributed by atoms with Crippen molar-refractivity contribution in [3.05, 3.63) is 0 Å². The molecule has 0 bridgehead atoms. The minimum Gasteiger partial charge on any atom is -0.382 e. The van der Waals surface area contributed by atoms with Crippen LogP contribution in [-0.4, -0.2) is 111 Å². The Morgan fingerprint density at radius 2 is 1.43 bits per heavy atom. The molecule has 37 heavy (non-hydrogen) atoms. The fourth-order valence-electron chi connectivity index (χ4n) is 3.26. The van der Waals surface area contributed by atoms with Gasteiger partial charge in [-0.15, -0.1) is 11.8 Å². The van der Waals surface area contributed by atoms with Gasteiger partial charge in [0.2, 0.25) is 11.8 Å². The lowest BCUT2D eigenvalue weighted by atomic mass is 10.1. The molecule has 0 radical (unpaired) electrons. The van der Waals surface area contributed by atoms with Crippen LogP contribution < -0.4 is 0 Å². The molecule has 216 valence electrons. The molecular weight excluding hydrogens is 518 g/mol. The summed E-state index contributed by atoms with van der Waals surface area (Å²) in [5, 5.41) is -0.262. The largest absolute Gasteiger partial charge is 0.382 e. The van der Waals surface area contributed by atoms with E-state index >= 15 is 0 Å². The predicted octanol–water partition coefficient (Wildman–Crippen LogP) is 3.41. The molecular formula is C26H47NO8S2. The van der Waals surface area contributed by atoms with Crippen LogP contribution in [0.4, 0.5) is 0 Å². The first-order valence-electron chi connectivity index (χ1n) is 13.1. The Kier molecular flexibility index (Phi) is 24.6. The lowest BCUT2D eigenvalue weighted by Gasteiger charge is -2.14. The van der Waals surface area contributed by atoms with Crippen LogP contribution in [0.25, 0.3) is 0 Å². The number of carbonyl (C=O) groups excluding carboxylic acids is 4. The number of carbonyl (C=O) groups is 4. The quantitative estimate of drug-likeness (QED) is 0.135. The lowest BCUT2D eigenvalue weighted by Crippen LogP contribution is -2.33. The molecule has 0 saturated carbocycles. The van der Waals surface area contributed by atoms with Gasteiger partial charge in [-0.25, -0.2) is 0 Å². The van der Waals surface area contributed by atoms with Gasteiger partial charge in [-0.2, -0.15) is 11.8 Å². The normalized spacial score (nSPS) is 15.1. The molecule has 1 aliphatic heterocycles. The van der Waals surface area contributed by atoms with Crippen molar-refractivity contribution in [3.8, 4) is 0 Å². The topological polar surface area (TPSA) is 108 Å². The van der Waals surface area contributed by atoms with Crippen molar-refractivity contribution in [1.29, 1.82) is 0 Å². The van der Waals surface area contributed by atoms with Crippen LogP contribution in [0.2, 0.25) is 0 Å². The number of ketones is 2. The molecule has 1 heterocycles. The van der Waals surface area contributed by atoms with Crippen LogP contribution >= 0.6 is 23.5 Å². The van der Waals surface area contributed by atoms with E-state index in [-0.39, 0.29) is 42.2 Å². The predicted molar refractivity (Wildman–Crippen MR) is 149 cm³/mol. The number of ether oxygens (including phenoxy) is 4. The van der Waals surface area contributed by atoms with E-state index in [9.17, 15) is 19.2 Å². The van der Waals surface area contributed by atoms with Gasteiger partial charge in [-0.3, -0.25) is 24.1 Å². The van der Waals surface area contributed by atoms with Crippen LogP contribution in [0.1, 0.15) is 58.8 Å². The molecule has 1 aliphatic rings. The van der Waals surface area contributed by atoms with Crippen LogP contribution in [0.5, 0.6) is 0 Å². The summed E-state index contributed by atoms with van der Waals surface area (Å²) >= 11 is 3.18. The third-order valence-electron chi connectivity index (χ3n) is 5.25. The second-order valence-electron chi connectivity index (χ2n) is 8.27. The van der Waals surface area contributed by atoms with Gasteiger partial charge in [0.05, 0.1) is 37.4 Å². The Labute approximate surface area is 231 Å². The standard InChI is InChI=1S/C15H25NO5S.C11H22O3S/c1-3-22-13-11-14(18)16(15(13)19)7-6-12(17)5-4-8-21-10-9-20-2;1-3-15-10-11(12)6-4-5-7-14-9-8-13-2/h13H,3-11H2,1-2H3;3-10H2,1-2H3. The number of thioether (sulfide) groups is 2. The number of unbranched alkanes of at least 4 members (excludes halogenated alkanes) is 1. The first kappa shape index (κ1) is 36.0. The van der Waals surface area contributed by atoms with E-state index in [1.165, 1.54) is 16.7 Å². The molecule has 1 fully saturated rings. The second-order valence-corrected chi connectivity index (χ2v) is 11.0. The van der Waals surface area contributed by atoms with Gasteiger partial charge in [0, 0.05) is 59.7 Å². The maximum atomic E-state index is 12.0. The number of rotatable bonds is 23. The minimum absolute atomic E-state index is 0.0579. The fourth-order valence-corrected chi connectivity index (χ4v) is 4.76. The summed E-state index contributed by atoms with van der Waals surface area (Å²) in [6.07, 6.45) is 4.16. The maximum Gasteiger partial charge on any atom is 0.242 e. The molecule has 0 aromatic heterocycles. The third kappa shape index (κ3) is 19.7. The van der Waals surface area contributed by atoms with Crippen LogP contribution in [0, 0.1) is 0 Å². The number of imide groups is 1. The van der Waals surface area contributed by atoms with Gasteiger partial charge >= 0.3 is 0 Å². The molecule has 1 unspecified atom stereocenters. The summed E-state index contributed by atoms with van der Waals surface area (Å²) < 4.78 is 20.3. The Hall–Kier alpha value is -0.980. The molecule has 2 amide bonds. The van der Waals surface area contributed by atoms with Crippen molar-refractivity contribution in [2.24, 2.45) is 0 Å². The summed E-state index contributed by atoms with van der Waals surface area (Å²) in [4.78, 5) is 48.1. The van der Waals surface area contributed by atoms with E-state index in [2.05, 4.69) is 6.92 Å². The Morgan fingerprint density at radius 1 is 0.811 bits per heavy atom. The van der Waals surface area contributed by atoms with E-state index < -0.39 is 0 Å². The van der Waals surface area contributed by atoms with Gasteiger partial charge < -0.3 is 18.9 Å². The van der Waals surface area contributed by atoms with Crippen molar-refractivity contribution in [2.75, 3.05) is 77.7 Å². The number of amides is 2. The van der Waals surface area contributed by atoms with Crippen molar-refractivity contribution in [1.82, 2.24) is 4.90 Å². The van der Waals surface area contributed by atoms with Gasteiger partial charge in [0.25, 0.3) is 0 Å². The first-order chi connectivity index (χ1) is 17.9. The summed E-state index contributed by atoms with van der Waals surface area (Å²) in [6.45, 7) is 7.86. The molecule has 1 atom stereocenters. The van der Waals surface area contributed by atoms with Crippen LogP contribution in [0.3, 0.4) is 0 Å². The highest BCUT2D eigenvalue weighted by atomic mass is 32.2.